The van der Waals surface area contributed by atoms with Gasteiger partial charge in [-0.15, -0.1) is 12.4 Å². The topological polar surface area (TPSA) is 55.6 Å². The average molecular weight is 315 g/mol. The van der Waals surface area contributed by atoms with Crippen LogP contribution in [0.15, 0.2) is 30.3 Å². The predicted octanol–water partition coefficient (Wildman–Crippen LogP) is 2.63. The number of benzene rings is 1. The second-order valence-corrected chi connectivity index (χ2v) is 5.45. The summed E-state index contributed by atoms with van der Waals surface area (Å²) in [6.45, 7) is 6.12. The number of carbonyl (C=O) groups excluding carboxylic acids is 1. The molecule has 0 saturated carbocycles. The maximum absolute atomic E-state index is 12.4. The van der Waals surface area contributed by atoms with Crippen LogP contribution in [0.1, 0.15) is 31.9 Å². The molecule has 0 heterocycles. The molecule has 1 aromatic rings. The third-order valence-electron chi connectivity index (χ3n) is 3.13. The fourth-order valence-corrected chi connectivity index (χ4v) is 2.10. The Morgan fingerprint density at radius 3 is 2.43 bits per heavy atom. The molecule has 0 bridgehead atoms. The van der Waals surface area contributed by atoms with E-state index in [1.807, 2.05) is 35.2 Å². The van der Waals surface area contributed by atoms with E-state index in [2.05, 4.69) is 13.8 Å². The molecule has 120 valence electrons. The highest BCUT2D eigenvalue weighted by Crippen LogP contribution is 2.15. The van der Waals surface area contributed by atoms with E-state index in [-0.39, 0.29) is 24.4 Å². The fourth-order valence-electron chi connectivity index (χ4n) is 2.10. The van der Waals surface area contributed by atoms with Crippen molar-refractivity contribution in [2.45, 2.75) is 26.3 Å². The summed E-state index contributed by atoms with van der Waals surface area (Å²) in [5.74, 6) is 0.524. The first-order chi connectivity index (χ1) is 9.54. The Labute approximate surface area is 134 Å². The Balaban J connectivity index is 0.00000400. The van der Waals surface area contributed by atoms with Gasteiger partial charge in [-0.1, -0.05) is 44.2 Å². The number of hydrogen-bond donors (Lipinski definition) is 1. The molecule has 5 heteroatoms. The molecule has 1 unspecified atom stereocenters. The number of nitrogens with zero attached hydrogens (tertiary/aromatic N) is 1. The highest BCUT2D eigenvalue weighted by molar-refractivity contribution is 5.85. The summed E-state index contributed by atoms with van der Waals surface area (Å²) in [5.41, 5.74) is 7.11. The molecule has 0 spiro atoms. The van der Waals surface area contributed by atoms with Crippen LogP contribution in [0.2, 0.25) is 0 Å². The van der Waals surface area contributed by atoms with Crippen LogP contribution >= 0.6 is 12.4 Å². The van der Waals surface area contributed by atoms with Gasteiger partial charge < -0.3 is 15.4 Å². The van der Waals surface area contributed by atoms with Crippen molar-refractivity contribution in [2.24, 2.45) is 11.7 Å². The van der Waals surface area contributed by atoms with Crippen molar-refractivity contribution in [1.82, 2.24) is 4.90 Å². The molecule has 0 aliphatic rings. The first kappa shape index (κ1) is 19.9. The zero-order valence-electron chi connectivity index (χ0n) is 13.1. The highest BCUT2D eigenvalue weighted by Gasteiger charge is 2.18. The van der Waals surface area contributed by atoms with Crippen LogP contribution in [-0.4, -0.2) is 37.6 Å². The Bertz CT molecular complexity index is 399. The van der Waals surface area contributed by atoms with Crippen molar-refractivity contribution >= 4 is 18.3 Å². The largest absolute Gasteiger partial charge is 0.383 e. The maximum atomic E-state index is 12.4. The van der Waals surface area contributed by atoms with Crippen molar-refractivity contribution in [3.8, 4) is 0 Å². The molecule has 1 amide bonds. The van der Waals surface area contributed by atoms with E-state index in [4.69, 9.17) is 10.5 Å². The lowest BCUT2D eigenvalue weighted by Gasteiger charge is -2.25. The van der Waals surface area contributed by atoms with Gasteiger partial charge in [-0.3, -0.25) is 4.79 Å². The van der Waals surface area contributed by atoms with Crippen molar-refractivity contribution in [3.63, 3.8) is 0 Å². The molecule has 0 saturated heterocycles. The first-order valence-electron chi connectivity index (χ1n) is 7.11. The third-order valence-corrected chi connectivity index (χ3v) is 3.13. The maximum Gasteiger partial charge on any atom is 0.224 e. The molecule has 1 aromatic carbocycles. The molecule has 0 aliphatic carbocycles. The summed E-state index contributed by atoms with van der Waals surface area (Å²) in [5, 5.41) is 0. The summed E-state index contributed by atoms with van der Waals surface area (Å²) in [4.78, 5) is 14.2. The van der Waals surface area contributed by atoms with Crippen LogP contribution in [0.5, 0.6) is 0 Å². The summed E-state index contributed by atoms with van der Waals surface area (Å²) in [6, 6.07) is 9.50. The molecule has 4 nitrogen and oxygen atoms in total. The smallest absolute Gasteiger partial charge is 0.224 e. The number of ether oxygens (including phenoxy) is 1. The highest BCUT2D eigenvalue weighted by atomic mass is 35.5. The standard InChI is InChI=1S/C16H26N2O2.ClH/c1-13(2)12-18(9-10-20-3)16(19)11-15(17)14-7-5-4-6-8-14;/h4-8,13,15H,9-12,17H2,1-3H3;1H. The number of methoxy groups -OCH3 is 1. The Kier molecular flexibility index (Phi) is 10.0. The fraction of sp³-hybridized carbons (Fsp3) is 0.562. The zero-order chi connectivity index (χ0) is 15.0. The molecular weight excluding hydrogens is 288 g/mol. The van der Waals surface area contributed by atoms with E-state index in [0.29, 0.717) is 25.5 Å². The van der Waals surface area contributed by atoms with Gasteiger partial charge in [0.1, 0.15) is 0 Å². The lowest BCUT2D eigenvalue weighted by atomic mass is 10.0. The average Bonchev–Trinajstić information content (AvgIpc) is 2.43. The second-order valence-electron chi connectivity index (χ2n) is 5.45. The lowest BCUT2D eigenvalue weighted by Crippen LogP contribution is -2.38. The normalized spacial score (nSPS) is 11.9. The van der Waals surface area contributed by atoms with Gasteiger partial charge in [0, 0.05) is 32.7 Å². The molecular formula is C16H27ClN2O2. The molecule has 1 atom stereocenters. The minimum absolute atomic E-state index is 0. The van der Waals surface area contributed by atoms with E-state index in [1.165, 1.54) is 0 Å². The number of amides is 1. The van der Waals surface area contributed by atoms with Crippen molar-refractivity contribution in [1.29, 1.82) is 0 Å². The van der Waals surface area contributed by atoms with Crippen molar-refractivity contribution < 1.29 is 9.53 Å². The van der Waals surface area contributed by atoms with Crippen LogP contribution < -0.4 is 5.73 Å². The van der Waals surface area contributed by atoms with Crippen LogP contribution in [0.3, 0.4) is 0 Å². The van der Waals surface area contributed by atoms with Gasteiger partial charge in [0.25, 0.3) is 0 Å². The van der Waals surface area contributed by atoms with Crippen LogP contribution in [0.25, 0.3) is 0 Å². The number of rotatable bonds is 8. The second kappa shape index (κ2) is 10.6. The summed E-state index contributed by atoms with van der Waals surface area (Å²) in [7, 11) is 1.65. The molecule has 0 fully saturated rings. The Morgan fingerprint density at radius 1 is 1.29 bits per heavy atom. The Morgan fingerprint density at radius 2 is 1.90 bits per heavy atom. The van der Waals surface area contributed by atoms with Crippen LogP contribution in [-0.2, 0) is 9.53 Å². The number of halogens is 1. The van der Waals surface area contributed by atoms with Crippen molar-refractivity contribution in [2.75, 3.05) is 26.8 Å². The molecule has 0 radical (unpaired) electrons. The van der Waals surface area contributed by atoms with E-state index < -0.39 is 0 Å². The minimum Gasteiger partial charge on any atom is -0.383 e. The van der Waals surface area contributed by atoms with Gasteiger partial charge in [-0.05, 0) is 11.5 Å². The molecule has 1 rings (SSSR count). The monoisotopic (exact) mass is 314 g/mol. The van der Waals surface area contributed by atoms with Gasteiger partial charge in [0.05, 0.1) is 6.61 Å². The van der Waals surface area contributed by atoms with Crippen molar-refractivity contribution in [3.05, 3.63) is 35.9 Å². The van der Waals surface area contributed by atoms with Gasteiger partial charge in [0.2, 0.25) is 5.91 Å². The molecule has 0 aliphatic heterocycles. The predicted molar refractivity (Wildman–Crippen MR) is 88.5 cm³/mol. The van der Waals surface area contributed by atoms with Crippen LogP contribution in [0, 0.1) is 5.92 Å². The van der Waals surface area contributed by atoms with E-state index in [0.717, 1.165) is 12.1 Å². The quantitative estimate of drug-likeness (QED) is 0.802. The van der Waals surface area contributed by atoms with E-state index in [9.17, 15) is 4.79 Å². The number of hydrogen-bond acceptors (Lipinski definition) is 3. The summed E-state index contributed by atoms with van der Waals surface area (Å²) < 4.78 is 5.07. The Hall–Kier alpha value is -1.10. The molecule has 2 N–H and O–H groups in total. The minimum atomic E-state index is -0.249. The zero-order valence-corrected chi connectivity index (χ0v) is 13.9. The van der Waals surface area contributed by atoms with E-state index in [1.54, 1.807) is 7.11 Å². The van der Waals surface area contributed by atoms with E-state index >= 15 is 0 Å². The van der Waals surface area contributed by atoms with Gasteiger partial charge in [-0.2, -0.15) is 0 Å². The SMILES string of the molecule is COCCN(CC(C)C)C(=O)CC(N)c1ccccc1.Cl. The van der Waals surface area contributed by atoms with Gasteiger partial charge in [0.15, 0.2) is 0 Å². The first-order valence-corrected chi connectivity index (χ1v) is 7.11. The lowest BCUT2D eigenvalue weighted by molar-refractivity contribution is -0.132. The molecule has 0 aromatic heterocycles. The van der Waals surface area contributed by atoms with Gasteiger partial charge >= 0.3 is 0 Å². The summed E-state index contributed by atoms with van der Waals surface area (Å²) in [6.07, 6.45) is 0.334. The number of nitrogens with two attached hydrogens (primary N) is 1. The van der Waals surface area contributed by atoms with Gasteiger partial charge in [-0.25, -0.2) is 0 Å². The van der Waals surface area contributed by atoms with Crippen LogP contribution in [0.4, 0.5) is 0 Å². The number of carbonyl (C=O) groups is 1. The molecule has 21 heavy (non-hydrogen) atoms. The summed E-state index contributed by atoms with van der Waals surface area (Å²) >= 11 is 0. The third kappa shape index (κ3) is 7.46.